The van der Waals surface area contributed by atoms with Crippen LogP contribution in [0.15, 0.2) is 0 Å². The maximum atomic E-state index is 12.8. The number of halogens is 3. The van der Waals surface area contributed by atoms with Crippen molar-refractivity contribution in [3.8, 4) is 0 Å². The number of nitrogens with one attached hydrogen (secondary N) is 1. The maximum Gasteiger partial charge on any atom is 0.393 e. The van der Waals surface area contributed by atoms with Crippen molar-refractivity contribution in [1.82, 2.24) is 10.2 Å². The number of rotatable bonds is 2. The van der Waals surface area contributed by atoms with Crippen molar-refractivity contribution >= 4 is 5.91 Å². The summed E-state index contributed by atoms with van der Waals surface area (Å²) in [5.41, 5.74) is -0.446. The lowest BCUT2D eigenvalue weighted by Gasteiger charge is -2.42. The van der Waals surface area contributed by atoms with Crippen LogP contribution in [0.3, 0.4) is 0 Å². The molecule has 2 heterocycles. The van der Waals surface area contributed by atoms with E-state index in [0.717, 1.165) is 25.9 Å². The minimum absolute atomic E-state index is 0.0598. The molecular formula is C14H23F3N2O. The van der Waals surface area contributed by atoms with Gasteiger partial charge in [0.15, 0.2) is 0 Å². The van der Waals surface area contributed by atoms with E-state index in [2.05, 4.69) is 5.32 Å². The highest BCUT2D eigenvalue weighted by atomic mass is 19.4. The lowest BCUT2D eigenvalue weighted by molar-refractivity contribution is -0.190. The van der Waals surface area contributed by atoms with Gasteiger partial charge in [0.1, 0.15) is 0 Å². The van der Waals surface area contributed by atoms with Crippen molar-refractivity contribution < 1.29 is 18.0 Å². The summed E-state index contributed by atoms with van der Waals surface area (Å²) in [7, 11) is 0. The van der Waals surface area contributed by atoms with Crippen LogP contribution in [0, 0.1) is 11.3 Å². The Labute approximate surface area is 117 Å². The van der Waals surface area contributed by atoms with E-state index < -0.39 is 17.5 Å². The summed E-state index contributed by atoms with van der Waals surface area (Å²) in [5.74, 6) is -1.41. The first-order valence-electron chi connectivity index (χ1n) is 7.46. The zero-order valence-corrected chi connectivity index (χ0v) is 11.9. The van der Waals surface area contributed by atoms with Gasteiger partial charge in [0.05, 0.1) is 11.3 Å². The smallest absolute Gasteiger partial charge is 0.342 e. The van der Waals surface area contributed by atoms with E-state index in [4.69, 9.17) is 0 Å². The highest BCUT2D eigenvalue weighted by Crippen LogP contribution is 2.38. The van der Waals surface area contributed by atoms with E-state index >= 15 is 0 Å². The Hall–Kier alpha value is -0.780. The number of amides is 1. The van der Waals surface area contributed by atoms with Crippen molar-refractivity contribution in [2.24, 2.45) is 11.3 Å². The molecule has 0 aromatic carbocycles. The third-order valence-corrected chi connectivity index (χ3v) is 4.86. The van der Waals surface area contributed by atoms with Crippen molar-refractivity contribution in [2.75, 3.05) is 26.2 Å². The molecule has 0 aromatic rings. The third-order valence-electron chi connectivity index (χ3n) is 4.86. The number of likely N-dealkylation sites (tertiary alicyclic amines) is 1. The molecule has 3 nitrogen and oxygen atoms in total. The highest BCUT2D eigenvalue weighted by Gasteiger charge is 2.46. The largest absolute Gasteiger partial charge is 0.393 e. The molecule has 2 aliphatic rings. The second-order valence-corrected chi connectivity index (χ2v) is 6.02. The first kappa shape index (κ1) is 15.6. The number of alkyl halides is 3. The summed E-state index contributed by atoms with van der Waals surface area (Å²) in [5, 5.41) is 3.21. The topological polar surface area (TPSA) is 32.3 Å². The Kier molecular flexibility index (Phi) is 4.62. The predicted molar refractivity (Wildman–Crippen MR) is 70.2 cm³/mol. The van der Waals surface area contributed by atoms with E-state index in [1.54, 1.807) is 0 Å². The molecule has 1 atom stereocenters. The summed E-state index contributed by atoms with van der Waals surface area (Å²) in [4.78, 5) is 14.2. The Morgan fingerprint density at radius 1 is 1.35 bits per heavy atom. The van der Waals surface area contributed by atoms with Crippen LogP contribution in [0.2, 0.25) is 0 Å². The zero-order chi connectivity index (χ0) is 14.8. The van der Waals surface area contributed by atoms with Crippen molar-refractivity contribution in [2.45, 2.75) is 45.2 Å². The molecule has 6 heteroatoms. The average molecular weight is 292 g/mol. The molecule has 0 bridgehead atoms. The van der Waals surface area contributed by atoms with Gasteiger partial charge in [-0.3, -0.25) is 4.79 Å². The van der Waals surface area contributed by atoms with Gasteiger partial charge < -0.3 is 10.2 Å². The lowest BCUT2D eigenvalue weighted by atomic mass is 9.75. The van der Waals surface area contributed by atoms with E-state index in [0.29, 0.717) is 19.4 Å². The molecule has 2 fully saturated rings. The molecule has 1 amide bonds. The molecule has 0 radical (unpaired) electrons. The van der Waals surface area contributed by atoms with Gasteiger partial charge in [0, 0.05) is 13.1 Å². The molecule has 2 saturated heterocycles. The van der Waals surface area contributed by atoms with E-state index in [-0.39, 0.29) is 18.9 Å². The summed E-state index contributed by atoms with van der Waals surface area (Å²) >= 11 is 0. The maximum absolute atomic E-state index is 12.8. The fourth-order valence-corrected chi connectivity index (χ4v) is 3.39. The minimum atomic E-state index is -4.19. The minimum Gasteiger partial charge on any atom is -0.342 e. The second-order valence-electron chi connectivity index (χ2n) is 6.02. The summed E-state index contributed by atoms with van der Waals surface area (Å²) in [6.45, 7) is 3.83. The summed E-state index contributed by atoms with van der Waals surface area (Å²) in [6, 6.07) is 0. The van der Waals surface area contributed by atoms with Crippen LogP contribution in [0.25, 0.3) is 0 Å². The highest BCUT2D eigenvalue weighted by molar-refractivity contribution is 5.83. The quantitative estimate of drug-likeness (QED) is 0.848. The Bertz CT molecular complexity index is 351. The van der Waals surface area contributed by atoms with Crippen LogP contribution in [0.5, 0.6) is 0 Å². The van der Waals surface area contributed by atoms with Gasteiger partial charge in [-0.1, -0.05) is 6.92 Å². The van der Waals surface area contributed by atoms with Crippen LogP contribution >= 0.6 is 0 Å². The average Bonchev–Trinajstić information content (AvgIpc) is 2.46. The molecule has 20 heavy (non-hydrogen) atoms. The summed E-state index contributed by atoms with van der Waals surface area (Å²) < 4.78 is 38.5. The van der Waals surface area contributed by atoms with Gasteiger partial charge in [-0.25, -0.2) is 0 Å². The van der Waals surface area contributed by atoms with E-state index in [1.807, 2.05) is 6.92 Å². The van der Waals surface area contributed by atoms with Crippen LogP contribution in [-0.4, -0.2) is 43.2 Å². The number of nitrogens with zero attached hydrogens (tertiary/aromatic N) is 1. The normalized spacial score (nSPS) is 27.4. The molecular weight excluding hydrogens is 269 g/mol. The van der Waals surface area contributed by atoms with Crippen LogP contribution in [-0.2, 0) is 4.79 Å². The molecule has 0 aromatic heterocycles. The first-order chi connectivity index (χ1) is 9.39. The van der Waals surface area contributed by atoms with Crippen LogP contribution in [0.1, 0.15) is 39.0 Å². The first-order valence-corrected chi connectivity index (χ1v) is 7.46. The Morgan fingerprint density at radius 3 is 2.55 bits per heavy atom. The monoisotopic (exact) mass is 292 g/mol. The third kappa shape index (κ3) is 3.10. The van der Waals surface area contributed by atoms with Crippen LogP contribution in [0.4, 0.5) is 13.2 Å². The van der Waals surface area contributed by atoms with Gasteiger partial charge >= 0.3 is 6.18 Å². The van der Waals surface area contributed by atoms with Crippen molar-refractivity contribution in [3.63, 3.8) is 0 Å². The molecule has 1 N–H and O–H groups in total. The molecule has 2 rings (SSSR count). The number of hydrogen-bond donors (Lipinski definition) is 1. The standard InChI is InChI=1S/C14H23F3N2O/c1-2-13(5-7-18-8-6-13)12(20)19-9-3-4-11(10-19)14(15,16)17/h11,18H,2-10H2,1H3. The fourth-order valence-electron chi connectivity index (χ4n) is 3.39. The van der Waals surface area contributed by atoms with Gasteiger partial charge in [-0.2, -0.15) is 13.2 Å². The molecule has 2 aliphatic heterocycles. The van der Waals surface area contributed by atoms with E-state index in [9.17, 15) is 18.0 Å². The number of hydrogen-bond acceptors (Lipinski definition) is 2. The number of carbonyl (C=O) groups excluding carboxylic acids is 1. The van der Waals surface area contributed by atoms with Gasteiger partial charge in [0.2, 0.25) is 5.91 Å². The van der Waals surface area contributed by atoms with Gasteiger partial charge in [-0.05, 0) is 45.2 Å². The number of carbonyl (C=O) groups is 1. The Morgan fingerprint density at radius 2 is 2.00 bits per heavy atom. The molecule has 116 valence electrons. The van der Waals surface area contributed by atoms with Crippen molar-refractivity contribution in [3.05, 3.63) is 0 Å². The number of piperidine rings is 2. The molecule has 0 spiro atoms. The zero-order valence-electron chi connectivity index (χ0n) is 11.9. The molecule has 0 aliphatic carbocycles. The summed E-state index contributed by atoms with van der Waals surface area (Å²) in [6.07, 6.45) is -1.42. The van der Waals surface area contributed by atoms with Crippen LogP contribution < -0.4 is 5.32 Å². The SMILES string of the molecule is CCC1(C(=O)N2CCCC(C(F)(F)F)C2)CCNCC1. The second kappa shape index (κ2) is 5.92. The van der Waals surface area contributed by atoms with Gasteiger partial charge in [0.25, 0.3) is 0 Å². The fraction of sp³-hybridized carbons (Fsp3) is 0.929. The molecule has 0 saturated carbocycles. The van der Waals surface area contributed by atoms with Gasteiger partial charge in [-0.15, -0.1) is 0 Å². The molecule has 1 unspecified atom stereocenters. The predicted octanol–water partition coefficient (Wildman–Crippen LogP) is 2.57. The Balaban J connectivity index is 2.07. The van der Waals surface area contributed by atoms with E-state index in [1.165, 1.54) is 4.90 Å². The lowest BCUT2D eigenvalue weighted by Crippen LogP contribution is -2.53. The van der Waals surface area contributed by atoms with Crippen molar-refractivity contribution in [1.29, 1.82) is 0 Å².